The van der Waals surface area contributed by atoms with Crippen LogP contribution in [0, 0.1) is 0 Å². The van der Waals surface area contributed by atoms with Crippen LogP contribution in [0.2, 0.25) is 5.02 Å². The molecule has 27 heavy (non-hydrogen) atoms. The molecule has 1 aromatic heterocycles. The van der Waals surface area contributed by atoms with Gasteiger partial charge < -0.3 is 0 Å². The molecule has 0 atom stereocenters. The van der Waals surface area contributed by atoms with E-state index < -0.39 is 0 Å². The van der Waals surface area contributed by atoms with Crippen LogP contribution in [0.25, 0.3) is 22.4 Å². The van der Waals surface area contributed by atoms with Gasteiger partial charge in [-0.15, -0.1) is 0 Å². The molecule has 0 radical (unpaired) electrons. The van der Waals surface area contributed by atoms with Gasteiger partial charge in [-0.05, 0) is 67.8 Å². The van der Waals surface area contributed by atoms with Crippen molar-refractivity contribution in [1.29, 1.82) is 0 Å². The third-order valence-corrected chi connectivity index (χ3v) is 4.26. The van der Waals surface area contributed by atoms with Gasteiger partial charge >= 0.3 is 0 Å². The fourth-order valence-electron chi connectivity index (χ4n) is 2.69. The maximum absolute atomic E-state index is 6.13. The van der Waals surface area contributed by atoms with Gasteiger partial charge in [-0.3, -0.25) is 0 Å². The maximum atomic E-state index is 6.13. The third kappa shape index (κ3) is 5.82. The molecule has 138 valence electrons. The molecule has 0 saturated heterocycles. The standard InChI is InChI=1S/C24H23Cl2N/c1-5-8-19(9-6-2)23-15-21(18(7-3)14-17(4)25)16-24(27-23)20-10-12-22(26)13-11-20/h5-16H,1H2,2-4H3/b9-6-,17-14+,18-7+,19-8+. The first kappa shape index (κ1) is 21.0. The van der Waals surface area contributed by atoms with Gasteiger partial charge in [0.25, 0.3) is 0 Å². The Hall–Kier alpha value is -2.35. The zero-order valence-electron chi connectivity index (χ0n) is 15.8. The monoisotopic (exact) mass is 395 g/mol. The minimum absolute atomic E-state index is 0.700. The fourth-order valence-corrected chi connectivity index (χ4v) is 2.94. The molecular weight excluding hydrogens is 373 g/mol. The predicted molar refractivity (Wildman–Crippen MR) is 121 cm³/mol. The highest BCUT2D eigenvalue weighted by Crippen LogP contribution is 2.29. The molecule has 0 unspecified atom stereocenters. The molecular formula is C24H23Cl2N. The molecule has 0 bridgehead atoms. The van der Waals surface area contributed by atoms with Crippen molar-refractivity contribution >= 4 is 34.3 Å². The Morgan fingerprint density at radius 1 is 1.07 bits per heavy atom. The number of nitrogens with zero attached hydrogens (tertiary/aromatic N) is 1. The van der Waals surface area contributed by atoms with Crippen LogP contribution in [0.3, 0.4) is 0 Å². The highest BCUT2D eigenvalue weighted by Gasteiger charge is 2.10. The summed E-state index contributed by atoms with van der Waals surface area (Å²) < 4.78 is 0. The number of allylic oxidation sites excluding steroid dienone is 9. The normalized spacial score (nSPS) is 13.3. The molecule has 3 heteroatoms. The Kier molecular flexibility index (Phi) is 7.84. The van der Waals surface area contributed by atoms with Crippen molar-refractivity contribution < 1.29 is 0 Å². The average molecular weight is 396 g/mol. The number of pyridine rings is 1. The molecule has 0 amide bonds. The number of benzene rings is 1. The summed E-state index contributed by atoms with van der Waals surface area (Å²) in [6.07, 6.45) is 11.7. The lowest BCUT2D eigenvalue weighted by Gasteiger charge is -2.11. The lowest BCUT2D eigenvalue weighted by Crippen LogP contribution is -1.95. The van der Waals surface area contributed by atoms with Gasteiger partial charge in [0.05, 0.1) is 11.4 Å². The number of hydrogen-bond donors (Lipinski definition) is 0. The second-order valence-electron chi connectivity index (χ2n) is 5.97. The van der Waals surface area contributed by atoms with Crippen LogP contribution in [0.15, 0.2) is 84.5 Å². The Morgan fingerprint density at radius 3 is 2.33 bits per heavy atom. The number of aromatic nitrogens is 1. The minimum atomic E-state index is 0.700. The zero-order valence-corrected chi connectivity index (χ0v) is 17.4. The number of rotatable bonds is 6. The van der Waals surface area contributed by atoms with E-state index in [-0.39, 0.29) is 0 Å². The quantitative estimate of drug-likeness (QED) is 0.450. The Labute approximate surface area is 172 Å². The van der Waals surface area contributed by atoms with Crippen LogP contribution in [0.5, 0.6) is 0 Å². The topological polar surface area (TPSA) is 12.9 Å². The molecule has 0 fully saturated rings. The molecule has 0 aliphatic heterocycles. The van der Waals surface area contributed by atoms with Crippen molar-refractivity contribution in [3.8, 4) is 11.3 Å². The molecule has 1 aromatic carbocycles. The molecule has 0 aliphatic rings. The van der Waals surface area contributed by atoms with E-state index in [1.807, 2.05) is 75.4 Å². The Morgan fingerprint density at radius 2 is 1.78 bits per heavy atom. The van der Waals surface area contributed by atoms with Gasteiger partial charge in [0, 0.05) is 15.6 Å². The van der Waals surface area contributed by atoms with Crippen molar-refractivity contribution in [3.63, 3.8) is 0 Å². The summed E-state index contributed by atoms with van der Waals surface area (Å²) in [7, 11) is 0. The van der Waals surface area contributed by atoms with E-state index in [0.717, 1.165) is 38.7 Å². The summed E-state index contributed by atoms with van der Waals surface area (Å²) in [5.74, 6) is 0. The third-order valence-electron chi connectivity index (χ3n) is 3.90. The zero-order chi connectivity index (χ0) is 19.8. The highest BCUT2D eigenvalue weighted by atomic mass is 35.5. The second-order valence-corrected chi connectivity index (χ2v) is 7.00. The van der Waals surface area contributed by atoms with Gasteiger partial charge in [0.15, 0.2) is 0 Å². The largest absolute Gasteiger partial charge is 0.248 e. The smallest absolute Gasteiger partial charge is 0.0715 e. The van der Waals surface area contributed by atoms with E-state index in [1.165, 1.54) is 0 Å². The molecule has 0 N–H and O–H groups in total. The van der Waals surface area contributed by atoms with Crippen LogP contribution in [0.4, 0.5) is 0 Å². The molecule has 1 heterocycles. The molecule has 0 aliphatic carbocycles. The van der Waals surface area contributed by atoms with Crippen molar-refractivity contribution in [3.05, 3.63) is 101 Å². The van der Waals surface area contributed by atoms with Gasteiger partial charge in [0.2, 0.25) is 0 Å². The summed E-state index contributed by atoms with van der Waals surface area (Å²) in [6.45, 7) is 9.68. The lowest BCUT2D eigenvalue weighted by molar-refractivity contribution is 1.27. The van der Waals surface area contributed by atoms with E-state index in [4.69, 9.17) is 28.2 Å². The molecule has 1 nitrogen and oxygen atoms in total. The fraction of sp³-hybridized carbons (Fsp3) is 0.125. The molecule has 2 aromatic rings. The van der Waals surface area contributed by atoms with Crippen molar-refractivity contribution in [2.24, 2.45) is 0 Å². The van der Waals surface area contributed by atoms with Crippen LogP contribution in [-0.2, 0) is 0 Å². The summed E-state index contributed by atoms with van der Waals surface area (Å²) >= 11 is 12.2. The van der Waals surface area contributed by atoms with Crippen LogP contribution < -0.4 is 0 Å². The van der Waals surface area contributed by atoms with Crippen LogP contribution in [0.1, 0.15) is 32.0 Å². The van der Waals surface area contributed by atoms with E-state index in [0.29, 0.717) is 5.02 Å². The average Bonchev–Trinajstić information content (AvgIpc) is 2.66. The lowest BCUT2D eigenvalue weighted by atomic mass is 9.99. The van der Waals surface area contributed by atoms with E-state index >= 15 is 0 Å². The number of hydrogen-bond acceptors (Lipinski definition) is 1. The minimum Gasteiger partial charge on any atom is -0.248 e. The summed E-state index contributed by atoms with van der Waals surface area (Å²) in [5.41, 5.74) is 5.83. The van der Waals surface area contributed by atoms with Gasteiger partial charge in [-0.25, -0.2) is 4.98 Å². The van der Waals surface area contributed by atoms with Crippen LogP contribution >= 0.6 is 23.2 Å². The Bertz CT molecular complexity index is 925. The summed E-state index contributed by atoms with van der Waals surface area (Å²) in [6, 6.07) is 11.8. The number of halogens is 2. The highest BCUT2D eigenvalue weighted by molar-refractivity contribution is 6.30. The summed E-state index contributed by atoms with van der Waals surface area (Å²) in [5, 5.41) is 1.43. The van der Waals surface area contributed by atoms with Crippen molar-refractivity contribution in [2.75, 3.05) is 0 Å². The van der Waals surface area contributed by atoms with Crippen molar-refractivity contribution in [2.45, 2.75) is 20.8 Å². The van der Waals surface area contributed by atoms with Crippen LogP contribution in [-0.4, -0.2) is 4.98 Å². The van der Waals surface area contributed by atoms with E-state index in [1.54, 1.807) is 6.08 Å². The molecule has 0 saturated carbocycles. The first-order valence-electron chi connectivity index (χ1n) is 8.72. The first-order chi connectivity index (χ1) is 13.0. The van der Waals surface area contributed by atoms with Gasteiger partial charge in [-0.2, -0.15) is 0 Å². The van der Waals surface area contributed by atoms with Gasteiger partial charge in [0.1, 0.15) is 0 Å². The molecule has 0 spiro atoms. The Balaban J connectivity index is 2.73. The SMILES string of the molecule is C=C/C=C(\C=C/C)c1cc(C(/C=C(\C)Cl)=C/C)cc(-c2ccc(Cl)cc2)n1. The molecule has 2 rings (SSSR count). The predicted octanol–water partition coefficient (Wildman–Crippen LogP) is 8.09. The van der Waals surface area contributed by atoms with E-state index in [2.05, 4.69) is 18.7 Å². The second kappa shape index (κ2) is 10.1. The summed E-state index contributed by atoms with van der Waals surface area (Å²) in [4.78, 5) is 4.88. The first-order valence-corrected chi connectivity index (χ1v) is 9.48. The maximum Gasteiger partial charge on any atom is 0.0715 e. The van der Waals surface area contributed by atoms with E-state index in [9.17, 15) is 0 Å². The van der Waals surface area contributed by atoms with Gasteiger partial charge in [-0.1, -0.05) is 72.3 Å². The van der Waals surface area contributed by atoms with Crippen molar-refractivity contribution in [1.82, 2.24) is 4.98 Å².